The minimum atomic E-state index is -0.0343. The lowest BCUT2D eigenvalue weighted by molar-refractivity contribution is 0.277. The molecule has 0 atom stereocenters. The number of aryl methyl sites for hydroxylation is 1. The van der Waals surface area contributed by atoms with E-state index in [1.165, 1.54) is 0 Å². The molecule has 0 saturated carbocycles. The third kappa shape index (κ3) is 2.04. The third-order valence-electron chi connectivity index (χ3n) is 2.17. The highest BCUT2D eigenvalue weighted by Crippen LogP contribution is 2.01. The van der Waals surface area contributed by atoms with E-state index in [4.69, 9.17) is 5.11 Å². The summed E-state index contributed by atoms with van der Waals surface area (Å²) in [6, 6.07) is 0. The zero-order valence-corrected chi connectivity index (χ0v) is 8.54. The summed E-state index contributed by atoms with van der Waals surface area (Å²) in [5.41, 5.74) is 0.664. The molecule has 0 radical (unpaired) electrons. The molecule has 6 heteroatoms. The van der Waals surface area contributed by atoms with Crippen molar-refractivity contribution >= 4 is 0 Å². The first-order valence-electron chi connectivity index (χ1n) is 4.81. The fourth-order valence-electron chi connectivity index (χ4n) is 1.41. The lowest BCUT2D eigenvalue weighted by Gasteiger charge is -2.02. The standard InChI is InChI=1S/C9H13N5O/c1-2-14-9(10-6-12-14)4-13-3-8(5-15)11-7-13/h3,6-7,15H,2,4-5H2,1H3. The van der Waals surface area contributed by atoms with Gasteiger partial charge in [-0.05, 0) is 6.92 Å². The fourth-order valence-corrected chi connectivity index (χ4v) is 1.41. The van der Waals surface area contributed by atoms with Crippen LogP contribution in [0.25, 0.3) is 0 Å². The van der Waals surface area contributed by atoms with Gasteiger partial charge in [0.1, 0.15) is 12.2 Å². The molecule has 2 aromatic rings. The normalized spacial score (nSPS) is 10.8. The minimum Gasteiger partial charge on any atom is -0.390 e. The van der Waals surface area contributed by atoms with Gasteiger partial charge in [0.15, 0.2) is 0 Å². The van der Waals surface area contributed by atoms with Crippen LogP contribution in [0.3, 0.4) is 0 Å². The van der Waals surface area contributed by atoms with Gasteiger partial charge in [-0.2, -0.15) is 5.10 Å². The molecule has 0 bridgehead atoms. The molecule has 0 fully saturated rings. The molecule has 2 heterocycles. The smallest absolute Gasteiger partial charge is 0.146 e. The highest BCUT2D eigenvalue weighted by atomic mass is 16.3. The Labute approximate surface area is 87.2 Å². The first kappa shape index (κ1) is 9.85. The first-order valence-corrected chi connectivity index (χ1v) is 4.81. The largest absolute Gasteiger partial charge is 0.390 e. The Balaban J connectivity index is 2.14. The summed E-state index contributed by atoms with van der Waals surface area (Å²) in [7, 11) is 0. The van der Waals surface area contributed by atoms with Crippen molar-refractivity contribution in [1.82, 2.24) is 24.3 Å². The SMILES string of the molecule is CCn1ncnc1Cn1cnc(CO)c1. The van der Waals surface area contributed by atoms with Gasteiger partial charge in [0.05, 0.1) is 25.2 Å². The van der Waals surface area contributed by atoms with E-state index in [9.17, 15) is 0 Å². The molecule has 2 aromatic heterocycles. The van der Waals surface area contributed by atoms with E-state index in [-0.39, 0.29) is 6.61 Å². The monoisotopic (exact) mass is 207 g/mol. The van der Waals surface area contributed by atoms with Crippen molar-refractivity contribution in [2.45, 2.75) is 26.6 Å². The van der Waals surface area contributed by atoms with Crippen LogP contribution in [0.1, 0.15) is 18.4 Å². The van der Waals surface area contributed by atoms with Gasteiger partial charge in [0.2, 0.25) is 0 Å². The summed E-state index contributed by atoms with van der Waals surface area (Å²) >= 11 is 0. The van der Waals surface area contributed by atoms with Crippen molar-refractivity contribution in [3.05, 3.63) is 30.4 Å². The minimum absolute atomic E-state index is 0.0343. The number of nitrogens with zero attached hydrogens (tertiary/aromatic N) is 5. The van der Waals surface area contributed by atoms with Crippen LogP contribution in [0.5, 0.6) is 0 Å². The number of aliphatic hydroxyl groups is 1. The molecule has 0 amide bonds. The second-order valence-corrected chi connectivity index (χ2v) is 3.19. The molecule has 0 aliphatic heterocycles. The van der Waals surface area contributed by atoms with Crippen molar-refractivity contribution in [2.75, 3.05) is 0 Å². The van der Waals surface area contributed by atoms with E-state index in [1.807, 2.05) is 16.2 Å². The highest BCUT2D eigenvalue weighted by Gasteiger charge is 2.04. The van der Waals surface area contributed by atoms with Crippen LogP contribution >= 0.6 is 0 Å². The van der Waals surface area contributed by atoms with Gasteiger partial charge in [-0.3, -0.25) is 0 Å². The Morgan fingerprint density at radius 3 is 2.93 bits per heavy atom. The van der Waals surface area contributed by atoms with Crippen LogP contribution in [0.4, 0.5) is 0 Å². The van der Waals surface area contributed by atoms with Gasteiger partial charge in [0.25, 0.3) is 0 Å². The summed E-state index contributed by atoms with van der Waals surface area (Å²) in [5, 5.41) is 12.9. The first-order chi connectivity index (χ1) is 7.33. The topological polar surface area (TPSA) is 68.8 Å². The molecule has 6 nitrogen and oxygen atoms in total. The zero-order valence-electron chi connectivity index (χ0n) is 8.54. The van der Waals surface area contributed by atoms with E-state index in [0.29, 0.717) is 12.2 Å². The summed E-state index contributed by atoms with van der Waals surface area (Å²) in [6.07, 6.45) is 5.03. The maximum absolute atomic E-state index is 8.87. The summed E-state index contributed by atoms with van der Waals surface area (Å²) in [6.45, 7) is 3.41. The van der Waals surface area contributed by atoms with E-state index in [1.54, 1.807) is 18.9 Å². The second-order valence-electron chi connectivity index (χ2n) is 3.19. The Kier molecular flexibility index (Phi) is 2.77. The van der Waals surface area contributed by atoms with E-state index < -0.39 is 0 Å². The zero-order chi connectivity index (χ0) is 10.7. The van der Waals surface area contributed by atoms with Gasteiger partial charge in [0, 0.05) is 12.7 Å². The van der Waals surface area contributed by atoms with Crippen molar-refractivity contribution in [3.63, 3.8) is 0 Å². The second kappa shape index (κ2) is 4.22. The van der Waals surface area contributed by atoms with Crippen LogP contribution in [0.15, 0.2) is 18.9 Å². The Morgan fingerprint density at radius 1 is 1.40 bits per heavy atom. The Morgan fingerprint density at radius 2 is 2.27 bits per heavy atom. The maximum atomic E-state index is 8.87. The van der Waals surface area contributed by atoms with Crippen molar-refractivity contribution in [1.29, 1.82) is 0 Å². The van der Waals surface area contributed by atoms with E-state index in [2.05, 4.69) is 15.1 Å². The van der Waals surface area contributed by atoms with Crippen molar-refractivity contribution < 1.29 is 5.11 Å². The predicted octanol–water partition coefficient (Wildman–Crippen LogP) is 0.0351. The number of aliphatic hydroxyl groups excluding tert-OH is 1. The molecule has 0 spiro atoms. The van der Waals surface area contributed by atoms with Crippen LogP contribution in [-0.4, -0.2) is 29.4 Å². The van der Waals surface area contributed by atoms with Gasteiger partial charge < -0.3 is 9.67 Å². The summed E-state index contributed by atoms with van der Waals surface area (Å²) in [5.74, 6) is 0.888. The predicted molar refractivity (Wildman–Crippen MR) is 52.9 cm³/mol. The van der Waals surface area contributed by atoms with E-state index >= 15 is 0 Å². The molecular formula is C9H13N5O. The number of hydrogen-bond acceptors (Lipinski definition) is 4. The van der Waals surface area contributed by atoms with Crippen LogP contribution in [0.2, 0.25) is 0 Å². The molecule has 0 aliphatic carbocycles. The Hall–Kier alpha value is -1.69. The van der Waals surface area contributed by atoms with Gasteiger partial charge >= 0.3 is 0 Å². The molecule has 0 aromatic carbocycles. The van der Waals surface area contributed by atoms with Crippen LogP contribution < -0.4 is 0 Å². The summed E-state index contributed by atoms with van der Waals surface area (Å²) < 4.78 is 3.71. The lowest BCUT2D eigenvalue weighted by Crippen LogP contribution is -2.07. The number of aromatic nitrogens is 5. The van der Waals surface area contributed by atoms with E-state index in [0.717, 1.165) is 12.4 Å². The van der Waals surface area contributed by atoms with Crippen molar-refractivity contribution in [3.8, 4) is 0 Å². The number of imidazole rings is 1. The number of rotatable bonds is 4. The van der Waals surface area contributed by atoms with Crippen molar-refractivity contribution in [2.24, 2.45) is 0 Å². The molecule has 0 unspecified atom stereocenters. The molecule has 0 aliphatic rings. The number of hydrogen-bond donors (Lipinski definition) is 1. The molecular weight excluding hydrogens is 194 g/mol. The third-order valence-corrected chi connectivity index (χ3v) is 2.17. The van der Waals surface area contributed by atoms with Gasteiger partial charge in [-0.1, -0.05) is 0 Å². The molecule has 0 saturated heterocycles. The quantitative estimate of drug-likeness (QED) is 0.768. The molecule has 15 heavy (non-hydrogen) atoms. The average Bonchev–Trinajstić information content (AvgIpc) is 2.87. The highest BCUT2D eigenvalue weighted by molar-refractivity contribution is 4.97. The lowest BCUT2D eigenvalue weighted by atomic mass is 10.5. The van der Waals surface area contributed by atoms with Crippen LogP contribution in [0, 0.1) is 0 Å². The summed E-state index contributed by atoms with van der Waals surface area (Å²) in [4.78, 5) is 8.18. The van der Waals surface area contributed by atoms with Gasteiger partial charge in [-0.15, -0.1) is 0 Å². The molecule has 80 valence electrons. The van der Waals surface area contributed by atoms with Gasteiger partial charge in [-0.25, -0.2) is 14.6 Å². The fraction of sp³-hybridized carbons (Fsp3) is 0.444. The van der Waals surface area contributed by atoms with Crippen LogP contribution in [-0.2, 0) is 19.7 Å². The maximum Gasteiger partial charge on any atom is 0.146 e. The molecule has 1 N–H and O–H groups in total. The molecule has 2 rings (SSSR count). The Bertz CT molecular complexity index is 433. The average molecular weight is 207 g/mol.